The van der Waals surface area contributed by atoms with Gasteiger partial charge in [0.25, 0.3) is 0 Å². The van der Waals surface area contributed by atoms with E-state index in [1.54, 1.807) is 0 Å². The minimum absolute atomic E-state index is 0.544. The summed E-state index contributed by atoms with van der Waals surface area (Å²) in [6.45, 7) is 0.790. The van der Waals surface area contributed by atoms with Crippen molar-refractivity contribution in [3.05, 3.63) is 0 Å². The molecule has 1 aliphatic rings. The van der Waals surface area contributed by atoms with E-state index in [1.807, 2.05) is 0 Å². The van der Waals surface area contributed by atoms with Crippen LogP contribution in [-0.4, -0.2) is 41.7 Å². The van der Waals surface area contributed by atoms with Gasteiger partial charge in [-0.15, -0.1) is 0 Å². The maximum Gasteiger partial charge on any atom is 0.320 e. The van der Waals surface area contributed by atoms with Crippen molar-refractivity contribution in [2.24, 2.45) is 5.73 Å². The van der Waals surface area contributed by atoms with E-state index in [4.69, 9.17) is 10.8 Å². The lowest BCUT2D eigenvalue weighted by atomic mass is 10.1. The quantitative estimate of drug-likeness (QED) is 0.684. The highest BCUT2D eigenvalue weighted by atomic mass is 16.4. The van der Waals surface area contributed by atoms with Crippen molar-refractivity contribution in [2.45, 2.75) is 44.2 Å². The monoisotopic (exact) mass is 200 g/mol. The molecule has 0 aromatic heterocycles. The summed E-state index contributed by atoms with van der Waals surface area (Å²) in [6, 6.07) is -0.0603. The summed E-state index contributed by atoms with van der Waals surface area (Å²) in [5, 5.41) is 8.62. The summed E-state index contributed by atoms with van der Waals surface area (Å²) in [6.07, 6.45) is 5.65. The number of hydrogen-bond acceptors (Lipinski definition) is 3. The third-order valence-corrected chi connectivity index (χ3v) is 3.06. The van der Waals surface area contributed by atoms with Crippen molar-refractivity contribution >= 4 is 5.97 Å². The molecule has 0 heterocycles. The topological polar surface area (TPSA) is 66.6 Å². The van der Waals surface area contributed by atoms with Crippen LogP contribution in [0.15, 0.2) is 0 Å². The van der Waals surface area contributed by atoms with Crippen molar-refractivity contribution in [3.8, 4) is 0 Å². The lowest BCUT2D eigenvalue weighted by Gasteiger charge is -2.24. The standard InChI is InChI=1S/C10H20N2O2/c1-12(8-4-2-3-5-8)7-6-9(11)10(13)14/h8-9H,2-7,11H2,1H3,(H,13,14). The van der Waals surface area contributed by atoms with Crippen molar-refractivity contribution in [3.63, 3.8) is 0 Å². The van der Waals surface area contributed by atoms with Gasteiger partial charge in [-0.05, 0) is 26.3 Å². The number of rotatable bonds is 5. The Kier molecular flexibility index (Phi) is 4.35. The first-order valence-corrected chi connectivity index (χ1v) is 5.30. The summed E-state index contributed by atoms with van der Waals surface area (Å²) < 4.78 is 0. The average molecular weight is 200 g/mol. The van der Waals surface area contributed by atoms with Gasteiger partial charge in [0.05, 0.1) is 0 Å². The molecule has 4 heteroatoms. The molecule has 14 heavy (non-hydrogen) atoms. The maximum atomic E-state index is 10.5. The van der Waals surface area contributed by atoms with E-state index in [2.05, 4.69) is 11.9 Å². The van der Waals surface area contributed by atoms with Crippen molar-refractivity contribution in [1.29, 1.82) is 0 Å². The number of aliphatic carboxylic acids is 1. The second-order valence-corrected chi connectivity index (χ2v) is 4.15. The zero-order valence-electron chi connectivity index (χ0n) is 8.78. The molecule has 0 saturated heterocycles. The summed E-state index contributed by atoms with van der Waals surface area (Å²) in [5.74, 6) is -0.898. The van der Waals surface area contributed by atoms with E-state index in [9.17, 15) is 4.79 Å². The highest BCUT2D eigenvalue weighted by Gasteiger charge is 2.20. The third kappa shape index (κ3) is 3.27. The summed E-state index contributed by atoms with van der Waals surface area (Å²) >= 11 is 0. The van der Waals surface area contributed by atoms with Crippen LogP contribution in [0, 0.1) is 0 Å². The SMILES string of the molecule is CN(CCC(N)C(=O)O)C1CCCC1. The highest BCUT2D eigenvalue weighted by Crippen LogP contribution is 2.22. The molecule has 1 rings (SSSR count). The van der Waals surface area contributed by atoms with Crippen LogP contribution in [-0.2, 0) is 4.79 Å². The van der Waals surface area contributed by atoms with E-state index < -0.39 is 12.0 Å². The van der Waals surface area contributed by atoms with Gasteiger partial charge < -0.3 is 15.7 Å². The molecule has 0 bridgehead atoms. The zero-order chi connectivity index (χ0) is 10.6. The van der Waals surface area contributed by atoms with Gasteiger partial charge in [0.2, 0.25) is 0 Å². The third-order valence-electron chi connectivity index (χ3n) is 3.06. The predicted molar refractivity (Wildman–Crippen MR) is 55.1 cm³/mol. The minimum atomic E-state index is -0.898. The van der Waals surface area contributed by atoms with Gasteiger partial charge in [0, 0.05) is 12.6 Å². The zero-order valence-corrected chi connectivity index (χ0v) is 8.78. The molecule has 0 spiro atoms. The Balaban J connectivity index is 2.19. The Hall–Kier alpha value is -0.610. The largest absolute Gasteiger partial charge is 0.480 e. The van der Waals surface area contributed by atoms with E-state index in [0.29, 0.717) is 12.5 Å². The molecule has 0 aromatic carbocycles. The van der Waals surface area contributed by atoms with Gasteiger partial charge in [-0.1, -0.05) is 12.8 Å². The first-order chi connectivity index (χ1) is 6.61. The van der Waals surface area contributed by atoms with Crippen LogP contribution >= 0.6 is 0 Å². The number of carboxylic acids is 1. The highest BCUT2D eigenvalue weighted by molar-refractivity contribution is 5.72. The van der Waals surface area contributed by atoms with Crippen LogP contribution in [0.2, 0.25) is 0 Å². The number of hydrogen-bond donors (Lipinski definition) is 2. The molecule has 1 saturated carbocycles. The molecule has 1 aliphatic carbocycles. The number of nitrogens with zero attached hydrogens (tertiary/aromatic N) is 1. The molecule has 0 aliphatic heterocycles. The van der Waals surface area contributed by atoms with Gasteiger partial charge in [-0.25, -0.2) is 0 Å². The van der Waals surface area contributed by atoms with Crippen molar-refractivity contribution < 1.29 is 9.90 Å². The van der Waals surface area contributed by atoms with E-state index in [1.165, 1.54) is 25.7 Å². The maximum absolute atomic E-state index is 10.5. The lowest BCUT2D eigenvalue weighted by molar-refractivity contribution is -0.138. The first-order valence-electron chi connectivity index (χ1n) is 5.30. The molecule has 3 N–H and O–H groups in total. The Morgan fingerprint density at radius 1 is 1.57 bits per heavy atom. The van der Waals surface area contributed by atoms with Crippen LogP contribution in [0.3, 0.4) is 0 Å². The Morgan fingerprint density at radius 2 is 2.14 bits per heavy atom. The average Bonchev–Trinajstić information content (AvgIpc) is 2.66. The summed E-state index contributed by atoms with van der Waals surface area (Å²) in [5.41, 5.74) is 5.44. The van der Waals surface area contributed by atoms with Gasteiger partial charge >= 0.3 is 5.97 Å². The fourth-order valence-corrected chi connectivity index (χ4v) is 1.99. The van der Waals surface area contributed by atoms with Crippen molar-refractivity contribution in [1.82, 2.24) is 4.90 Å². The molecule has 82 valence electrons. The number of carboxylic acid groups (broad SMARTS) is 1. The number of nitrogens with two attached hydrogens (primary N) is 1. The van der Waals surface area contributed by atoms with Gasteiger partial charge in [-0.3, -0.25) is 4.79 Å². The molecule has 1 atom stereocenters. The molecule has 0 aromatic rings. The molecule has 4 nitrogen and oxygen atoms in total. The Labute approximate surface area is 85.1 Å². The summed E-state index contributed by atoms with van der Waals surface area (Å²) in [7, 11) is 2.06. The lowest BCUT2D eigenvalue weighted by Crippen LogP contribution is -2.37. The van der Waals surface area contributed by atoms with E-state index in [-0.39, 0.29) is 0 Å². The molecule has 1 unspecified atom stereocenters. The molecular formula is C10H20N2O2. The van der Waals surface area contributed by atoms with Gasteiger partial charge in [0.15, 0.2) is 0 Å². The molecule has 0 amide bonds. The Morgan fingerprint density at radius 3 is 2.64 bits per heavy atom. The fraction of sp³-hybridized carbons (Fsp3) is 0.900. The molecular weight excluding hydrogens is 180 g/mol. The first kappa shape index (κ1) is 11.5. The van der Waals surface area contributed by atoms with E-state index in [0.717, 1.165) is 6.54 Å². The van der Waals surface area contributed by atoms with Crippen LogP contribution in [0.4, 0.5) is 0 Å². The second-order valence-electron chi connectivity index (χ2n) is 4.15. The second kappa shape index (κ2) is 5.32. The fourth-order valence-electron chi connectivity index (χ4n) is 1.99. The van der Waals surface area contributed by atoms with Gasteiger partial charge in [0.1, 0.15) is 6.04 Å². The van der Waals surface area contributed by atoms with Crippen LogP contribution in [0.25, 0.3) is 0 Å². The smallest absolute Gasteiger partial charge is 0.320 e. The normalized spacial score (nSPS) is 20.2. The molecule has 0 radical (unpaired) electrons. The summed E-state index contributed by atoms with van der Waals surface area (Å²) in [4.78, 5) is 12.7. The van der Waals surface area contributed by atoms with Crippen molar-refractivity contribution in [2.75, 3.05) is 13.6 Å². The van der Waals surface area contributed by atoms with Gasteiger partial charge in [-0.2, -0.15) is 0 Å². The van der Waals surface area contributed by atoms with E-state index >= 15 is 0 Å². The Bertz CT molecular complexity index is 191. The minimum Gasteiger partial charge on any atom is -0.480 e. The predicted octanol–water partition coefficient (Wildman–Crippen LogP) is 0.663. The van der Waals surface area contributed by atoms with Crippen LogP contribution < -0.4 is 5.73 Å². The number of carbonyl (C=O) groups is 1. The van der Waals surface area contributed by atoms with Crippen LogP contribution in [0.1, 0.15) is 32.1 Å². The van der Waals surface area contributed by atoms with Crippen LogP contribution in [0.5, 0.6) is 0 Å². The molecule has 1 fully saturated rings.